The molecule has 8 heteroatoms. The van der Waals surface area contributed by atoms with Crippen LogP contribution in [0.25, 0.3) is 22.2 Å². The molecule has 146 valence electrons. The molecule has 0 saturated heterocycles. The zero-order valence-corrected chi connectivity index (χ0v) is 16.2. The highest BCUT2D eigenvalue weighted by atomic mass is 16.5. The van der Waals surface area contributed by atoms with E-state index in [1.54, 1.807) is 14.2 Å². The Morgan fingerprint density at radius 2 is 1.76 bits per heavy atom. The van der Waals surface area contributed by atoms with Crippen LogP contribution in [0.15, 0.2) is 53.3 Å². The number of ether oxygens (including phenoxy) is 2. The first-order chi connectivity index (χ1) is 14.1. The summed E-state index contributed by atoms with van der Waals surface area (Å²) in [5.41, 5.74) is 2.48. The Labute approximate surface area is 166 Å². The molecule has 2 heterocycles. The highest BCUT2D eigenvalue weighted by molar-refractivity contribution is 5.87. The van der Waals surface area contributed by atoms with Crippen LogP contribution in [0.4, 0.5) is 11.9 Å². The number of nitrogens with zero attached hydrogens (tertiary/aromatic N) is 3. The van der Waals surface area contributed by atoms with Gasteiger partial charge >= 0.3 is 0 Å². The van der Waals surface area contributed by atoms with Crippen molar-refractivity contribution in [2.24, 2.45) is 0 Å². The van der Waals surface area contributed by atoms with Crippen molar-refractivity contribution in [3.63, 3.8) is 0 Å². The van der Waals surface area contributed by atoms with Crippen LogP contribution in [0, 0.1) is 6.92 Å². The lowest BCUT2D eigenvalue weighted by molar-refractivity contribution is 0.415. The molecule has 0 amide bonds. The maximum absolute atomic E-state index is 12.2. The number of hydrogen-bond donors (Lipinski definition) is 2. The van der Waals surface area contributed by atoms with Gasteiger partial charge in [0.2, 0.25) is 11.9 Å². The summed E-state index contributed by atoms with van der Waals surface area (Å²) in [4.78, 5) is 28.3. The lowest BCUT2D eigenvalue weighted by Gasteiger charge is -2.10. The van der Waals surface area contributed by atoms with Crippen molar-refractivity contribution >= 4 is 22.8 Å². The summed E-state index contributed by atoms with van der Waals surface area (Å²) in [7, 11) is 3.19. The third-order valence-electron chi connectivity index (χ3n) is 4.46. The Bertz CT molecular complexity index is 1240. The monoisotopic (exact) mass is 389 g/mol. The fourth-order valence-electron chi connectivity index (χ4n) is 3.03. The predicted octanol–water partition coefficient (Wildman–Crippen LogP) is 3.45. The molecule has 0 radical (unpaired) electrons. The Morgan fingerprint density at radius 3 is 2.48 bits per heavy atom. The molecule has 0 aliphatic heterocycles. The van der Waals surface area contributed by atoms with E-state index in [-0.39, 0.29) is 11.5 Å². The molecule has 4 aromatic rings. The Kier molecular flexibility index (Phi) is 4.82. The summed E-state index contributed by atoms with van der Waals surface area (Å²) in [5.74, 6) is 1.93. The number of para-hydroxylation sites is 1. The van der Waals surface area contributed by atoms with E-state index in [0.29, 0.717) is 22.9 Å². The quantitative estimate of drug-likeness (QED) is 0.539. The van der Waals surface area contributed by atoms with Gasteiger partial charge in [-0.1, -0.05) is 12.1 Å². The Morgan fingerprint density at radius 1 is 0.966 bits per heavy atom. The lowest BCUT2D eigenvalue weighted by Crippen LogP contribution is -2.12. The van der Waals surface area contributed by atoms with Gasteiger partial charge in [0.05, 0.1) is 25.6 Å². The summed E-state index contributed by atoms with van der Waals surface area (Å²) >= 11 is 0. The van der Waals surface area contributed by atoms with E-state index in [2.05, 4.69) is 25.3 Å². The van der Waals surface area contributed by atoms with Gasteiger partial charge in [0.15, 0.2) is 0 Å². The molecule has 0 atom stereocenters. The van der Waals surface area contributed by atoms with Crippen LogP contribution in [0.1, 0.15) is 5.69 Å². The van der Waals surface area contributed by atoms with Crippen LogP contribution in [0.5, 0.6) is 11.5 Å². The van der Waals surface area contributed by atoms with Crippen LogP contribution in [-0.2, 0) is 0 Å². The van der Waals surface area contributed by atoms with Crippen LogP contribution >= 0.6 is 0 Å². The second-order valence-corrected chi connectivity index (χ2v) is 6.32. The van der Waals surface area contributed by atoms with Crippen molar-refractivity contribution in [2.45, 2.75) is 6.92 Å². The predicted molar refractivity (Wildman–Crippen MR) is 111 cm³/mol. The van der Waals surface area contributed by atoms with E-state index in [1.807, 2.05) is 49.4 Å². The standard InChI is InChI=1S/C21H19N5O3/c1-12-15-5-4-6-17(29-3)19(15)25-20(22-12)26-21-23-16(11-18(27)24-21)13-7-9-14(28-2)10-8-13/h4-11H,1-3H3,(H2,22,23,24,25,26,27). The minimum Gasteiger partial charge on any atom is -0.497 e. The number of aromatic amines is 1. The second-order valence-electron chi connectivity index (χ2n) is 6.32. The van der Waals surface area contributed by atoms with Crippen molar-refractivity contribution in [2.75, 3.05) is 19.5 Å². The smallest absolute Gasteiger partial charge is 0.252 e. The first kappa shape index (κ1) is 18.4. The minimum absolute atomic E-state index is 0.247. The van der Waals surface area contributed by atoms with Gasteiger partial charge in [-0.15, -0.1) is 0 Å². The van der Waals surface area contributed by atoms with Crippen molar-refractivity contribution in [1.82, 2.24) is 19.9 Å². The number of benzene rings is 2. The molecule has 0 fully saturated rings. The molecular formula is C21H19N5O3. The van der Waals surface area contributed by atoms with Gasteiger partial charge < -0.3 is 9.47 Å². The van der Waals surface area contributed by atoms with E-state index in [9.17, 15) is 4.79 Å². The number of aryl methyl sites for hydroxylation is 1. The van der Waals surface area contributed by atoms with E-state index < -0.39 is 0 Å². The van der Waals surface area contributed by atoms with Crippen molar-refractivity contribution in [3.8, 4) is 22.8 Å². The van der Waals surface area contributed by atoms with E-state index in [1.165, 1.54) is 6.07 Å². The maximum atomic E-state index is 12.2. The number of aromatic nitrogens is 4. The third-order valence-corrected chi connectivity index (χ3v) is 4.46. The molecule has 0 bridgehead atoms. The van der Waals surface area contributed by atoms with E-state index >= 15 is 0 Å². The highest BCUT2D eigenvalue weighted by Gasteiger charge is 2.11. The molecule has 2 aromatic carbocycles. The first-order valence-corrected chi connectivity index (χ1v) is 8.91. The van der Waals surface area contributed by atoms with E-state index in [4.69, 9.17) is 9.47 Å². The number of rotatable bonds is 5. The van der Waals surface area contributed by atoms with Gasteiger partial charge in [0, 0.05) is 17.0 Å². The van der Waals surface area contributed by atoms with Crippen molar-refractivity contribution in [3.05, 3.63) is 64.6 Å². The largest absolute Gasteiger partial charge is 0.497 e. The second kappa shape index (κ2) is 7.59. The molecule has 29 heavy (non-hydrogen) atoms. The molecule has 0 saturated carbocycles. The number of fused-ring (bicyclic) bond motifs is 1. The van der Waals surface area contributed by atoms with Gasteiger partial charge in [-0.3, -0.25) is 15.1 Å². The fraction of sp³-hybridized carbons (Fsp3) is 0.143. The van der Waals surface area contributed by atoms with E-state index in [0.717, 1.165) is 22.4 Å². The molecule has 2 N–H and O–H groups in total. The Hall–Kier alpha value is -3.94. The number of H-pyrrole nitrogens is 1. The number of hydrogen-bond acceptors (Lipinski definition) is 7. The average molecular weight is 389 g/mol. The molecule has 0 aliphatic rings. The summed E-state index contributed by atoms with van der Waals surface area (Å²) < 4.78 is 10.6. The first-order valence-electron chi connectivity index (χ1n) is 8.91. The summed E-state index contributed by atoms with van der Waals surface area (Å²) in [6.45, 7) is 1.89. The van der Waals surface area contributed by atoms with Crippen LogP contribution < -0.4 is 20.3 Å². The molecular weight excluding hydrogens is 370 g/mol. The SMILES string of the molecule is COc1ccc(-c2cc(=O)[nH]c(Nc3nc(C)c4cccc(OC)c4n3)n2)cc1. The summed E-state index contributed by atoms with van der Waals surface area (Å²) in [6, 6.07) is 14.4. The van der Waals surface area contributed by atoms with Gasteiger partial charge in [-0.05, 0) is 37.3 Å². The Balaban J connectivity index is 1.72. The highest BCUT2D eigenvalue weighted by Crippen LogP contribution is 2.27. The molecule has 8 nitrogen and oxygen atoms in total. The fourth-order valence-corrected chi connectivity index (χ4v) is 3.03. The van der Waals surface area contributed by atoms with Gasteiger partial charge in [0.1, 0.15) is 17.0 Å². The number of nitrogens with one attached hydrogen (secondary N) is 2. The summed E-state index contributed by atoms with van der Waals surface area (Å²) in [5, 5.41) is 3.88. The zero-order chi connectivity index (χ0) is 20.4. The zero-order valence-electron chi connectivity index (χ0n) is 16.2. The van der Waals surface area contributed by atoms with Gasteiger partial charge in [0.25, 0.3) is 5.56 Å². The molecule has 0 aliphatic carbocycles. The molecule has 4 rings (SSSR count). The third kappa shape index (κ3) is 3.73. The van der Waals surface area contributed by atoms with Crippen LogP contribution in [0.2, 0.25) is 0 Å². The number of methoxy groups -OCH3 is 2. The van der Waals surface area contributed by atoms with Crippen LogP contribution in [-0.4, -0.2) is 34.2 Å². The van der Waals surface area contributed by atoms with Crippen molar-refractivity contribution in [1.29, 1.82) is 0 Å². The lowest BCUT2D eigenvalue weighted by atomic mass is 10.1. The molecule has 2 aromatic heterocycles. The molecule has 0 spiro atoms. The molecule has 0 unspecified atom stereocenters. The van der Waals surface area contributed by atoms with Crippen molar-refractivity contribution < 1.29 is 9.47 Å². The van der Waals surface area contributed by atoms with Gasteiger partial charge in [-0.25, -0.2) is 15.0 Å². The average Bonchev–Trinajstić information content (AvgIpc) is 2.73. The normalized spacial score (nSPS) is 10.7. The maximum Gasteiger partial charge on any atom is 0.252 e. The minimum atomic E-state index is -0.289. The number of anilines is 2. The summed E-state index contributed by atoms with van der Waals surface area (Å²) in [6.07, 6.45) is 0. The topological polar surface area (TPSA) is 102 Å². The van der Waals surface area contributed by atoms with Gasteiger partial charge in [-0.2, -0.15) is 0 Å². The van der Waals surface area contributed by atoms with Crippen LogP contribution in [0.3, 0.4) is 0 Å².